The zero-order valence-electron chi connectivity index (χ0n) is 12.5. The molecular weight excluding hydrogens is 314 g/mol. The van der Waals surface area contributed by atoms with E-state index in [-0.39, 0.29) is 5.56 Å². The van der Waals surface area contributed by atoms with Gasteiger partial charge in [0.15, 0.2) is 6.10 Å². The third-order valence-corrected chi connectivity index (χ3v) is 3.31. The van der Waals surface area contributed by atoms with Crippen molar-refractivity contribution in [3.05, 3.63) is 78.0 Å². The normalized spacial score (nSPS) is 12.6. The fraction of sp³-hybridized carbons (Fsp3) is 0.111. The maximum atomic E-state index is 14.0. The van der Waals surface area contributed by atoms with Gasteiger partial charge in [-0.3, -0.25) is 4.79 Å². The Labute approximate surface area is 137 Å². The molecule has 6 heteroatoms. The third-order valence-electron chi connectivity index (χ3n) is 3.31. The van der Waals surface area contributed by atoms with Crippen LogP contribution in [0.3, 0.4) is 0 Å². The van der Waals surface area contributed by atoms with Gasteiger partial charge in [0, 0.05) is 12.3 Å². The quantitative estimate of drug-likeness (QED) is 0.797. The van der Waals surface area contributed by atoms with Gasteiger partial charge in [0.25, 0.3) is 0 Å². The lowest BCUT2D eigenvalue weighted by Crippen LogP contribution is -2.34. The molecule has 24 heavy (non-hydrogen) atoms. The van der Waals surface area contributed by atoms with Gasteiger partial charge in [0.1, 0.15) is 6.07 Å². The maximum Gasteiger partial charge on any atom is 0.338 e. The monoisotopic (exact) mass is 328 g/mol. The maximum absolute atomic E-state index is 14.0. The highest BCUT2D eigenvalue weighted by atomic mass is 19.3. The summed E-state index contributed by atoms with van der Waals surface area (Å²) in [5, 5.41) is 21.3. The molecule has 4 nitrogen and oxygen atoms in total. The van der Waals surface area contributed by atoms with Crippen molar-refractivity contribution in [1.82, 2.24) is 0 Å². The molecule has 0 saturated heterocycles. The van der Waals surface area contributed by atoms with E-state index in [1.54, 1.807) is 30.3 Å². The number of alkyl halides is 2. The summed E-state index contributed by atoms with van der Waals surface area (Å²) in [5.74, 6) is -5.50. The molecule has 0 saturated carbocycles. The number of hydrogen-bond donors (Lipinski definition) is 2. The Morgan fingerprint density at radius 1 is 1.17 bits per heavy atom. The Bertz CT molecular complexity index is 783. The highest BCUT2D eigenvalue weighted by Crippen LogP contribution is 2.32. The van der Waals surface area contributed by atoms with Gasteiger partial charge in [-0.15, -0.1) is 0 Å². The van der Waals surface area contributed by atoms with Gasteiger partial charge in [0.2, 0.25) is 5.78 Å². The van der Waals surface area contributed by atoms with Crippen molar-refractivity contribution >= 4 is 11.5 Å². The fourth-order valence-corrected chi connectivity index (χ4v) is 2.00. The predicted molar refractivity (Wildman–Crippen MR) is 85.3 cm³/mol. The van der Waals surface area contributed by atoms with Crippen molar-refractivity contribution in [2.24, 2.45) is 0 Å². The zero-order chi connectivity index (χ0) is 17.6. The number of carbonyl (C=O) groups is 1. The summed E-state index contributed by atoms with van der Waals surface area (Å²) in [5.41, 5.74) is 0.647. The molecule has 1 unspecified atom stereocenters. The first-order valence-corrected chi connectivity index (χ1v) is 7.04. The van der Waals surface area contributed by atoms with E-state index >= 15 is 0 Å². The molecule has 0 amide bonds. The van der Waals surface area contributed by atoms with Crippen LogP contribution in [0.15, 0.2) is 66.9 Å². The molecular formula is C18H14F2N2O2. The lowest BCUT2D eigenvalue weighted by Gasteiger charge is -2.20. The van der Waals surface area contributed by atoms with Crippen molar-refractivity contribution in [3.8, 4) is 6.07 Å². The number of ketones is 1. The van der Waals surface area contributed by atoms with Crippen LogP contribution >= 0.6 is 0 Å². The number of allylic oxidation sites excluding steroid dienone is 1. The molecule has 2 aromatic rings. The van der Waals surface area contributed by atoms with E-state index in [1.165, 1.54) is 24.3 Å². The molecule has 0 aliphatic heterocycles. The van der Waals surface area contributed by atoms with Crippen LogP contribution in [0.4, 0.5) is 14.5 Å². The van der Waals surface area contributed by atoms with Gasteiger partial charge in [-0.25, -0.2) is 0 Å². The smallest absolute Gasteiger partial charge is 0.338 e. The van der Waals surface area contributed by atoms with Crippen LogP contribution in [-0.4, -0.2) is 16.8 Å². The minimum Gasteiger partial charge on any atom is -0.382 e. The van der Waals surface area contributed by atoms with Crippen molar-refractivity contribution in [2.75, 3.05) is 5.32 Å². The first-order chi connectivity index (χ1) is 11.5. The van der Waals surface area contributed by atoms with Crippen molar-refractivity contribution in [1.29, 1.82) is 5.26 Å². The number of carbonyl (C=O) groups excluding carboxylic acids is 1. The average molecular weight is 328 g/mol. The molecule has 2 aromatic carbocycles. The molecule has 0 bridgehead atoms. The predicted octanol–water partition coefficient (Wildman–Crippen LogP) is 3.42. The van der Waals surface area contributed by atoms with Crippen molar-refractivity contribution in [2.45, 2.75) is 12.0 Å². The first kappa shape index (κ1) is 17.3. The molecule has 1 atom stereocenters. The average Bonchev–Trinajstić information content (AvgIpc) is 2.62. The van der Waals surface area contributed by atoms with E-state index in [2.05, 4.69) is 5.32 Å². The molecule has 0 spiro atoms. The van der Waals surface area contributed by atoms with Crippen LogP contribution in [0.1, 0.15) is 17.2 Å². The summed E-state index contributed by atoms with van der Waals surface area (Å²) in [6, 6.07) is 15.6. The van der Waals surface area contributed by atoms with Crippen LogP contribution in [0.25, 0.3) is 0 Å². The molecule has 0 aromatic heterocycles. The van der Waals surface area contributed by atoms with E-state index in [1.807, 2.05) is 6.07 Å². The summed E-state index contributed by atoms with van der Waals surface area (Å²) >= 11 is 0. The van der Waals surface area contributed by atoms with Gasteiger partial charge in [-0.1, -0.05) is 42.5 Å². The standard InChI is InChI=1S/C18H14F2N2O2/c19-18(20,17(24)13-6-2-1-3-7-13)16(23)10-11-22-15-9-5-4-8-14(15)12-21/h1-11,17,22,24H/b11-10-. The van der Waals surface area contributed by atoms with Gasteiger partial charge in [0.05, 0.1) is 11.3 Å². The Kier molecular flexibility index (Phi) is 5.40. The van der Waals surface area contributed by atoms with E-state index in [9.17, 15) is 18.7 Å². The highest BCUT2D eigenvalue weighted by molar-refractivity contribution is 5.96. The molecule has 2 N–H and O–H groups in total. The number of benzene rings is 2. The molecule has 0 aliphatic rings. The van der Waals surface area contributed by atoms with Gasteiger partial charge in [-0.2, -0.15) is 14.0 Å². The molecule has 0 fully saturated rings. The van der Waals surface area contributed by atoms with E-state index < -0.39 is 17.8 Å². The van der Waals surface area contributed by atoms with Gasteiger partial charge >= 0.3 is 5.92 Å². The lowest BCUT2D eigenvalue weighted by molar-refractivity contribution is -0.156. The number of para-hydroxylation sites is 1. The highest BCUT2D eigenvalue weighted by Gasteiger charge is 2.45. The molecule has 0 radical (unpaired) electrons. The summed E-state index contributed by atoms with van der Waals surface area (Å²) in [6.07, 6.45) is -0.577. The second-order valence-corrected chi connectivity index (χ2v) is 4.94. The number of anilines is 1. The summed E-state index contributed by atoms with van der Waals surface area (Å²) in [7, 11) is 0. The number of nitrogens with one attached hydrogen (secondary N) is 1. The van der Waals surface area contributed by atoms with Crippen LogP contribution in [-0.2, 0) is 4.79 Å². The Morgan fingerprint density at radius 2 is 1.79 bits per heavy atom. The second kappa shape index (κ2) is 7.49. The van der Waals surface area contributed by atoms with E-state index in [0.717, 1.165) is 6.20 Å². The zero-order valence-corrected chi connectivity index (χ0v) is 12.5. The minimum atomic E-state index is -3.96. The SMILES string of the molecule is N#Cc1ccccc1N/C=C\C(=O)C(F)(F)C(O)c1ccccc1. The molecule has 0 aliphatic carbocycles. The van der Waals surface area contributed by atoms with Crippen LogP contribution in [0.2, 0.25) is 0 Å². The second-order valence-electron chi connectivity index (χ2n) is 4.94. The number of nitriles is 1. The summed E-state index contributed by atoms with van der Waals surface area (Å²) in [4.78, 5) is 11.7. The minimum absolute atomic E-state index is 0.0490. The van der Waals surface area contributed by atoms with Crippen LogP contribution < -0.4 is 5.32 Å². The van der Waals surface area contributed by atoms with Crippen molar-refractivity contribution < 1.29 is 18.7 Å². The number of halogens is 2. The van der Waals surface area contributed by atoms with E-state index in [4.69, 9.17) is 5.26 Å². The summed E-state index contributed by atoms with van der Waals surface area (Å²) < 4.78 is 28.1. The number of rotatable bonds is 6. The number of hydrogen-bond acceptors (Lipinski definition) is 4. The Morgan fingerprint density at radius 3 is 2.46 bits per heavy atom. The Balaban J connectivity index is 2.09. The van der Waals surface area contributed by atoms with Crippen molar-refractivity contribution in [3.63, 3.8) is 0 Å². The lowest BCUT2D eigenvalue weighted by atomic mass is 10.0. The first-order valence-electron chi connectivity index (χ1n) is 7.04. The largest absolute Gasteiger partial charge is 0.382 e. The van der Waals surface area contributed by atoms with Crippen LogP contribution in [0.5, 0.6) is 0 Å². The molecule has 0 heterocycles. The van der Waals surface area contributed by atoms with Gasteiger partial charge < -0.3 is 10.4 Å². The third kappa shape index (κ3) is 3.83. The number of aliphatic hydroxyl groups is 1. The fourth-order valence-electron chi connectivity index (χ4n) is 2.00. The Hall–Kier alpha value is -3.04. The number of nitrogens with zero attached hydrogens (tertiary/aromatic N) is 1. The van der Waals surface area contributed by atoms with Crippen LogP contribution in [0, 0.1) is 11.3 Å². The summed E-state index contributed by atoms with van der Waals surface area (Å²) in [6.45, 7) is 0. The molecule has 122 valence electrons. The molecule has 2 rings (SSSR count). The topological polar surface area (TPSA) is 73.1 Å². The van der Waals surface area contributed by atoms with Gasteiger partial charge in [-0.05, 0) is 17.7 Å². The van der Waals surface area contributed by atoms with E-state index in [0.29, 0.717) is 17.3 Å². The number of aliphatic hydroxyl groups excluding tert-OH is 1.